The van der Waals surface area contributed by atoms with Gasteiger partial charge in [-0.25, -0.2) is 0 Å². The number of benzene rings is 3. The normalized spacial score (nSPS) is 14.0. The van der Waals surface area contributed by atoms with E-state index in [1.54, 1.807) is 60.7 Å². The maximum absolute atomic E-state index is 13.0. The number of thioether (sulfide) groups is 1. The standard InChI is InChI=1S/C27H22ClN3O6S2/c1-3-36-23-13-17(9-11-22(23)37-15-18-6-4-5-7-21(18)31(34)35)14-24-26(33)30(27(38)39-24)29-25(32)19-10-8-16(2)12-20(19)28/h4-14H,3,15H2,1-2H3,(H,29,32)/b24-14+. The highest BCUT2D eigenvalue weighted by molar-refractivity contribution is 8.26. The summed E-state index contributed by atoms with van der Waals surface area (Å²) in [5.74, 6) is -0.253. The number of nitrogens with zero attached hydrogens (tertiary/aromatic N) is 2. The maximum atomic E-state index is 13.0. The van der Waals surface area contributed by atoms with Crippen LogP contribution in [-0.4, -0.2) is 32.7 Å². The molecule has 0 radical (unpaired) electrons. The first-order valence-electron chi connectivity index (χ1n) is 11.6. The minimum atomic E-state index is -0.559. The number of nitro groups is 1. The average molecular weight is 584 g/mol. The Balaban J connectivity index is 1.51. The Bertz CT molecular complexity index is 1510. The van der Waals surface area contributed by atoms with E-state index in [4.69, 9.17) is 33.3 Å². The number of nitrogens with one attached hydrogen (secondary N) is 1. The van der Waals surface area contributed by atoms with Crippen molar-refractivity contribution in [2.75, 3.05) is 6.61 Å². The van der Waals surface area contributed by atoms with Gasteiger partial charge in [-0.2, -0.15) is 5.01 Å². The predicted molar refractivity (Wildman–Crippen MR) is 154 cm³/mol. The van der Waals surface area contributed by atoms with Gasteiger partial charge in [-0.1, -0.05) is 47.6 Å². The van der Waals surface area contributed by atoms with Gasteiger partial charge in [0.15, 0.2) is 15.8 Å². The quantitative estimate of drug-likeness (QED) is 0.140. The third-order valence-electron chi connectivity index (χ3n) is 5.51. The van der Waals surface area contributed by atoms with Crippen LogP contribution in [0.25, 0.3) is 6.08 Å². The maximum Gasteiger partial charge on any atom is 0.285 e. The molecule has 0 saturated carbocycles. The van der Waals surface area contributed by atoms with Crippen LogP contribution in [0.3, 0.4) is 0 Å². The Morgan fingerprint density at radius 3 is 2.64 bits per heavy atom. The highest BCUT2D eigenvalue weighted by Gasteiger charge is 2.34. The van der Waals surface area contributed by atoms with Crippen LogP contribution in [-0.2, 0) is 11.4 Å². The molecule has 0 aromatic heterocycles. The van der Waals surface area contributed by atoms with Crippen molar-refractivity contribution < 1.29 is 24.0 Å². The topological polar surface area (TPSA) is 111 Å². The molecule has 0 bridgehead atoms. The van der Waals surface area contributed by atoms with Crippen molar-refractivity contribution in [3.05, 3.63) is 103 Å². The molecule has 9 nitrogen and oxygen atoms in total. The van der Waals surface area contributed by atoms with Crippen molar-refractivity contribution in [1.82, 2.24) is 10.4 Å². The molecule has 1 heterocycles. The molecule has 1 N–H and O–H groups in total. The van der Waals surface area contributed by atoms with Gasteiger partial charge in [0.1, 0.15) is 6.61 Å². The van der Waals surface area contributed by atoms with E-state index >= 15 is 0 Å². The number of carbonyl (C=O) groups excluding carboxylic acids is 2. The number of carbonyl (C=O) groups is 2. The second-order valence-corrected chi connectivity index (χ2v) is 10.3. The Morgan fingerprint density at radius 2 is 1.92 bits per heavy atom. The van der Waals surface area contributed by atoms with Gasteiger partial charge < -0.3 is 9.47 Å². The van der Waals surface area contributed by atoms with Crippen LogP contribution in [0.2, 0.25) is 5.02 Å². The summed E-state index contributed by atoms with van der Waals surface area (Å²) in [6.45, 7) is 3.99. The summed E-state index contributed by atoms with van der Waals surface area (Å²) in [7, 11) is 0. The van der Waals surface area contributed by atoms with Crippen LogP contribution in [0.15, 0.2) is 65.6 Å². The van der Waals surface area contributed by atoms with Crippen molar-refractivity contribution in [1.29, 1.82) is 0 Å². The smallest absolute Gasteiger partial charge is 0.285 e. The summed E-state index contributed by atoms with van der Waals surface area (Å²) in [4.78, 5) is 36.9. The zero-order valence-corrected chi connectivity index (χ0v) is 23.2. The summed E-state index contributed by atoms with van der Waals surface area (Å²) in [5, 5.41) is 12.6. The van der Waals surface area contributed by atoms with E-state index in [1.165, 1.54) is 6.07 Å². The lowest BCUT2D eigenvalue weighted by Gasteiger charge is -2.16. The molecule has 0 spiro atoms. The summed E-state index contributed by atoms with van der Waals surface area (Å²) in [6.07, 6.45) is 1.62. The van der Waals surface area contributed by atoms with Crippen LogP contribution in [0, 0.1) is 17.0 Å². The Hall–Kier alpha value is -3.93. The molecule has 200 valence electrons. The minimum Gasteiger partial charge on any atom is -0.490 e. The number of para-hydroxylation sites is 1. The fraction of sp³-hybridized carbons (Fsp3) is 0.148. The van der Waals surface area contributed by atoms with Gasteiger partial charge in [0.25, 0.3) is 17.5 Å². The molecular weight excluding hydrogens is 562 g/mol. The Morgan fingerprint density at radius 1 is 1.15 bits per heavy atom. The lowest BCUT2D eigenvalue weighted by molar-refractivity contribution is -0.385. The zero-order chi connectivity index (χ0) is 28.1. The molecule has 2 amide bonds. The zero-order valence-electron chi connectivity index (χ0n) is 20.8. The van der Waals surface area contributed by atoms with E-state index in [0.717, 1.165) is 22.3 Å². The summed E-state index contributed by atoms with van der Waals surface area (Å²) in [6, 6.07) is 16.4. The van der Waals surface area contributed by atoms with Crippen molar-refractivity contribution >= 4 is 63.5 Å². The lowest BCUT2D eigenvalue weighted by atomic mass is 10.1. The van der Waals surface area contributed by atoms with Crippen LogP contribution >= 0.6 is 35.6 Å². The van der Waals surface area contributed by atoms with Gasteiger partial charge in [-0.3, -0.25) is 25.1 Å². The number of rotatable bonds is 9. The highest BCUT2D eigenvalue weighted by Crippen LogP contribution is 2.35. The predicted octanol–water partition coefficient (Wildman–Crippen LogP) is 6.08. The second-order valence-electron chi connectivity index (χ2n) is 8.26. The fourth-order valence-corrected chi connectivity index (χ4v) is 5.15. The van der Waals surface area contributed by atoms with Crippen molar-refractivity contribution in [3.8, 4) is 11.5 Å². The minimum absolute atomic E-state index is 0.0278. The van der Waals surface area contributed by atoms with Gasteiger partial charge >= 0.3 is 0 Å². The van der Waals surface area contributed by atoms with E-state index in [-0.39, 0.29) is 27.2 Å². The number of hydrazine groups is 1. The van der Waals surface area contributed by atoms with Crippen molar-refractivity contribution in [2.45, 2.75) is 20.5 Å². The molecule has 3 aromatic rings. The number of ether oxygens (including phenoxy) is 2. The molecule has 12 heteroatoms. The molecule has 0 atom stereocenters. The third-order valence-corrected chi connectivity index (χ3v) is 7.13. The number of thiocarbonyl (C=S) groups is 1. The first kappa shape index (κ1) is 28.1. The number of halogens is 1. The van der Waals surface area contributed by atoms with Crippen molar-refractivity contribution in [3.63, 3.8) is 0 Å². The fourth-order valence-electron chi connectivity index (χ4n) is 3.65. The van der Waals surface area contributed by atoms with Crippen LogP contribution in [0.5, 0.6) is 11.5 Å². The molecule has 0 aliphatic carbocycles. The van der Waals surface area contributed by atoms with Gasteiger partial charge in [0.2, 0.25) is 0 Å². The number of aryl methyl sites for hydroxylation is 1. The van der Waals surface area contributed by atoms with E-state index in [9.17, 15) is 19.7 Å². The molecule has 39 heavy (non-hydrogen) atoms. The first-order valence-corrected chi connectivity index (χ1v) is 13.2. The lowest BCUT2D eigenvalue weighted by Crippen LogP contribution is -2.44. The Kier molecular flexibility index (Phi) is 8.85. The summed E-state index contributed by atoms with van der Waals surface area (Å²) in [5.41, 5.74) is 4.66. The Labute approximate surface area is 238 Å². The molecular formula is C27H22ClN3O6S2. The SMILES string of the molecule is CCOc1cc(/C=C2/SC(=S)N(NC(=O)c3ccc(C)cc3Cl)C2=O)ccc1OCc1ccccc1[N+](=O)[O-]. The molecule has 1 aliphatic heterocycles. The van der Waals surface area contributed by atoms with Crippen molar-refractivity contribution in [2.24, 2.45) is 0 Å². The molecule has 0 unspecified atom stereocenters. The largest absolute Gasteiger partial charge is 0.490 e. The summed E-state index contributed by atoms with van der Waals surface area (Å²) >= 11 is 12.5. The molecule has 4 rings (SSSR count). The monoisotopic (exact) mass is 583 g/mol. The number of nitro benzene ring substituents is 1. The van der Waals surface area contributed by atoms with Crippen LogP contribution in [0.4, 0.5) is 5.69 Å². The van der Waals surface area contributed by atoms with E-state index in [0.29, 0.717) is 34.1 Å². The van der Waals surface area contributed by atoms with Crippen LogP contribution < -0.4 is 14.9 Å². The second kappa shape index (κ2) is 12.3. The average Bonchev–Trinajstić information content (AvgIpc) is 3.15. The highest BCUT2D eigenvalue weighted by atomic mass is 35.5. The molecule has 1 aliphatic rings. The number of hydrogen-bond donors (Lipinski definition) is 1. The third kappa shape index (κ3) is 6.56. The van der Waals surface area contributed by atoms with E-state index in [2.05, 4.69) is 5.43 Å². The van der Waals surface area contributed by atoms with Gasteiger partial charge in [-0.05, 0) is 73.6 Å². The van der Waals surface area contributed by atoms with Crippen LogP contribution in [0.1, 0.15) is 34.0 Å². The summed E-state index contributed by atoms with van der Waals surface area (Å²) < 4.78 is 11.7. The van der Waals surface area contributed by atoms with E-state index < -0.39 is 16.7 Å². The number of hydrogen-bond acceptors (Lipinski definition) is 8. The molecule has 1 saturated heterocycles. The molecule has 1 fully saturated rings. The van der Waals surface area contributed by atoms with E-state index in [1.807, 2.05) is 13.8 Å². The first-order chi connectivity index (χ1) is 18.7. The van der Waals surface area contributed by atoms with Gasteiger partial charge in [0.05, 0.1) is 32.6 Å². The van der Waals surface area contributed by atoms with Gasteiger partial charge in [0, 0.05) is 6.07 Å². The number of amides is 2. The van der Waals surface area contributed by atoms with Gasteiger partial charge in [-0.15, -0.1) is 0 Å². The molecule has 3 aromatic carbocycles.